The van der Waals surface area contributed by atoms with Crippen molar-refractivity contribution < 1.29 is 19.4 Å². The molecule has 1 atom stereocenters. The van der Waals surface area contributed by atoms with Gasteiger partial charge in [-0.1, -0.05) is 65.2 Å². The molecule has 1 fully saturated rings. The van der Waals surface area contributed by atoms with E-state index < -0.39 is 5.97 Å². The molecule has 128 valence electrons. The largest absolute Gasteiger partial charge is 0.358 e. The van der Waals surface area contributed by atoms with Crippen molar-refractivity contribution in [3.63, 3.8) is 0 Å². The van der Waals surface area contributed by atoms with Crippen LogP contribution in [0.15, 0.2) is 0 Å². The molecule has 4 heteroatoms. The van der Waals surface area contributed by atoms with E-state index in [4.69, 9.17) is 4.89 Å². The van der Waals surface area contributed by atoms with E-state index in [0.717, 1.165) is 25.7 Å². The number of unbranched alkanes of at least 4 members (excludes halogenated alkanes) is 5. The highest BCUT2D eigenvalue weighted by Crippen LogP contribution is 2.35. The molecule has 0 saturated heterocycles. The average Bonchev–Trinajstić information content (AvgIpc) is 3.05. The second-order valence-corrected chi connectivity index (χ2v) is 6.42. The fraction of sp³-hybridized carbons (Fsp3) is 0.889. The van der Waals surface area contributed by atoms with Gasteiger partial charge in [-0.15, -0.1) is 0 Å². The molecule has 0 bridgehead atoms. The average molecular weight is 312 g/mol. The summed E-state index contributed by atoms with van der Waals surface area (Å²) in [6.07, 6.45) is 13.0. The zero-order valence-electron chi connectivity index (χ0n) is 14.3. The second kappa shape index (κ2) is 11.5. The molecule has 0 aromatic rings. The number of hydrogen-bond donors (Lipinski definition) is 0. The third-order valence-electron chi connectivity index (χ3n) is 4.65. The van der Waals surface area contributed by atoms with Gasteiger partial charge in [-0.2, -0.15) is 0 Å². The number of carbonyl (C=O) groups is 2. The van der Waals surface area contributed by atoms with Crippen molar-refractivity contribution >= 4 is 11.9 Å². The minimum atomic E-state index is -0.488. The van der Waals surface area contributed by atoms with Crippen LogP contribution < -0.4 is 0 Å². The van der Waals surface area contributed by atoms with Crippen LogP contribution in [-0.2, 0) is 19.4 Å². The molecule has 0 aliphatic heterocycles. The summed E-state index contributed by atoms with van der Waals surface area (Å²) in [5.41, 5.74) is 0. The van der Waals surface area contributed by atoms with E-state index in [9.17, 15) is 9.59 Å². The normalized spacial score (nSPS) is 16.5. The number of rotatable bonds is 10. The highest BCUT2D eigenvalue weighted by atomic mass is 17.2. The van der Waals surface area contributed by atoms with E-state index in [1.807, 2.05) is 0 Å². The SMILES string of the molecule is CCCCCCCCC(C(=O)OOC(=O)CC)C1CCCC1. The molecule has 0 N–H and O–H groups in total. The van der Waals surface area contributed by atoms with E-state index in [0.29, 0.717) is 5.92 Å². The lowest BCUT2D eigenvalue weighted by Crippen LogP contribution is -2.25. The van der Waals surface area contributed by atoms with E-state index in [2.05, 4.69) is 11.8 Å². The van der Waals surface area contributed by atoms with Crippen molar-refractivity contribution in [2.75, 3.05) is 0 Å². The van der Waals surface area contributed by atoms with Gasteiger partial charge in [0.15, 0.2) is 0 Å². The Labute approximate surface area is 134 Å². The summed E-state index contributed by atoms with van der Waals surface area (Å²) in [5, 5.41) is 0. The minimum absolute atomic E-state index is 0.0988. The van der Waals surface area contributed by atoms with Crippen molar-refractivity contribution in [2.24, 2.45) is 11.8 Å². The van der Waals surface area contributed by atoms with Gasteiger partial charge in [0.1, 0.15) is 0 Å². The summed E-state index contributed by atoms with van der Waals surface area (Å²) in [5.74, 6) is -0.526. The smallest absolute Gasteiger partial charge is 0.247 e. The summed E-state index contributed by atoms with van der Waals surface area (Å²) >= 11 is 0. The van der Waals surface area contributed by atoms with Crippen LogP contribution in [0.5, 0.6) is 0 Å². The Bertz CT molecular complexity index is 321. The van der Waals surface area contributed by atoms with E-state index in [1.54, 1.807) is 6.92 Å². The molecule has 0 aromatic heterocycles. The van der Waals surface area contributed by atoms with Gasteiger partial charge in [0, 0.05) is 6.42 Å². The van der Waals surface area contributed by atoms with Crippen LogP contribution in [0.2, 0.25) is 0 Å². The highest BCUT2D eigenvalue weighted by Gasteiger charge is 2.32. The van der Waals surface area contributed by atoms with Crippen molar-refractivity contribution in [3.8, 4) is 0 Å². The topological polar surface area (TPSA) is 52.6 Å². The first-order valence-electron chi connectivity index (χ1n) is 9.10. The van der Waals surface area contributed by atoms with Gasteiger partial charge in [-0.3, -0.25) is 0 Å². The lowest BCUT2D eigenvalue weighted by Gasteiger charge is -2.20. The van der Waals surface area contributed by atoms with E-state index in [-0.39, 0.29) is 18.3 Å². The molecular formula is C18H32O4. The molecule has 1 saturated carbocycles. The van der Waals surface area contributed by atoms with Crippen LogP contribution in [0.3, 0.4) is 0 Å². The minimum Gasteiger partial charge on any atom is -0.247 e. The van der Waals surface area contributed by atoms with Gasteiger partial charge in [0.05, 0.1) is 5.92 Å². The zero-order chi connectivity index (χ0) is 16.2. The Balaban J connectivity index is 2.35. The quantitative estimate of drug-likeness (QED) is 0.325. The zero-order valence-corrected chi connectivity index (χ0v) is 14.3. The van der Waals surface area contributed by atoms with E-state index in [1.165, 1.54) is 44.9 Å². The van der Waals surface area contributed by atoms with Crippen molar-refractivity contribution in [1.82, 2.24) is 0 Å². The summed E-state index contributed by atoms with van der Waals surface area (Å²) in [6, 6.07) is 0. The molecule has 0 radical (unpaired) electrons. The molecule has 4 nitrogen and oxygen atoms in total. The molecular weight excluding hydrogens is 280 g/mol. The Kier molecular flexibility index (Phi) is 9.93. The lowest BCUT2D eigenvalue weighted by molar-refractivity contribution is -0.263. The Morgan fingerprint density at radius 2 is 1.59 bits per heavy atom. The highest BCUT2D eigenvalue weighted by molar-refractivity contribution is 5.74. The first kappa shape index (κ1) is 19.0. The third kappa shape index (κ3) is 7.28. The van der Waals surface area contributed by atoms with Crippen LogP contribution in [0.25, 0.3) is 0 Å². The van der Waals surface area contributed by atoms with Crippen LogP contribution in [-0.4, -0.2) is 11.9 Å². The van der Waals surface area contributed by atoms with Crippen molar-refractivity contribution in [2.45, 2.75) is 90.9 Å². The molecule has 22 heavy (non-hydrogen) atoms. The molecule has 1 unspecified atom stereocenters. The predicted molar refractivity (Wildman–Crippen MR) is 85.9 cm³/mol. The standard InChI is InChI=1S/C18H32O4/c1-3-5-6-7-8-9-14-16(15-12-10-11-13-15)18(20)22-21-17(19)4-2/h15-16H,3-14H2,1-2H3. The van der Waals surface area contributed by atoms with Crippen LogP contribution >= 0.6 is 0 Å². The third-order valence-corrected chi connectivity index (χ3v) is 4.65. The summed E-state index contributed by atoms with van der Waals surface area (Å²) in [4.78, 5) is 32.7. The van der Waals surface area contributed by atoms with Crippen LogP contribution in [0.4, 0.5) is 0 Å². The monoisotopic (exact) mass is 312 g/mol. The maximum absolute atomic E-state index is 12.2. The summed E-state index contributed by atoms with van der Waals surface area (Å²) < 4.78 is 0. The van der Waals surface area contributed by atoms with Gasteiger partial charge >= 0.3 is 11.9 Å². The second-order valence-electron chi connectivity index (χ2n) is 6.42. The lowest BCUT2D eigenvalue weighted by atomic mass is 9.86. The Morgan fingerprint density at radius 1 is 0.955 bits per heavy atom. The van der Waals surface area contributed by atoms with Gasteiger partial charge in [-0.25, -0.2) is 19.4 Å². The van der Waals surface area contributed by atoms with Gasteiger partial charge in [0.25, 0.3) is 0 Å². The van der Waals surface area contributed by atoms with Crippen molar-refractivity contribution in [1.29, 1.82) is 0 Å². The van der Waals surface area contributed by atoms with Crippen LogP contribution in [0.1, 0.15) is 90.9 Å². The molecule has 0 spiro atoms. The molecule has 0 aromatic carbocycles. The van der Waals surface area contributed by atoms with Gasteiger partial charge in [0.2, 0.25) is 0 Å². The first-order chi connectivity index (χ1) is 10.7. The van der Waals surface area contributed by atoms with Gasteiger partial charge in [-0.05, 0) is 25.2 Å². The predicted octanol–water partition coefficient (Wildman–Crippen LogP) is 4.95. The summed E-state index contributed by atoms with van der Waals surface area (Å²) in [6.45, 7) is 3.89. The molecule has 1 aliphatic rings. The fourth-order valence-electron chi connectivity index (χ4n) is 3.26. The van der Waals surface area contributed by atoms with E-state index >= 15 is 0 Å². The molecule has 1 rings (SSSR count). The molecule has 0 heterocycles. The Morgan fingerprint density at radius 3 is 2.23 bits per heavy atom. The number of hydrogen-bond acceptors (Lipinski definition) is 4. The first-order valence-corrected chi connectivity index (χ1v) is 9.10. The van der Waals surface area contributed by atoms with Crippen molar-refractivity contribution in [3.05, 3.63) is 0 Å². The van der Waals surface area contributed by atoms with Gasteiger partial charge < -0.3 is 0 Å². The van der Waals surface area contributed by atoms with Crippen LogP contribution in [0, 0.1) is 11.8 Å². The maximum Gasteiger partial charge on any atom is 0.358 e. The fourth-order valence-corrected chi connectivity index (χ4v) is 3.26. The summed E-state index contributed by atoms with van der Waals surface area (Å²) in [7, 11) is 0. The number of carbonyl (C=O) groups excluding carboxylic acids is 2. The molecule has 0 amide bonds. The molecule has 1 aliphatic carbocycles. The Hall–Kier alpha value is -1.06. The maximum atomic E-state index is 12.2.